The fourth-order valence-corrected chi connectivity index (χ4v) is 0.408. The first-order valence-corrected chi connectivity index (χ1v) is 3.69. The van der Waals surface area contributed by atoms with E-state index >= 15 is 0 Å². The van der Waals surface area contributed by atoms with Gasteiger partial charge in [-0.15, -0.1) is 0 Å². The molecule has 10 heavy (non-hydrogen) atoms. The van der Waals surface area contributed by atoms with Gasteiger partial charge in [-0.05, 0) is 0 Å². The van der Waals surface area contributed by atoms with E-state index in [0.29, 0.717) is 0 Å². The van der Waals surface area contributed by atoms with E-state index in [1.54, 1.807) is 0 Å². The molecule has 0 aromatic carbocycles. The molecule has 0 bridgehead atoms. The number of hydrogen-bond donors (Lipinski definition) is 0. The average Bonchev–Trinajstić information content (AvgIpc) is 1.88. The maximum atomic E-state index is 2.21. The van der Waals surface area contributed by atoms with Crippen molar-refractivity contribution in [2.45, 2.75) is 47.0 Å². The van der Waals surface area contributed by atoms with Crippen LogP contribution in [0.3, 0.4) is 0 Å². The maximum absolute atomic E-state index is 2.21. The zero-order valence-corrected chi connectivity index (χ0v) is 9.12. The van der Waals surface area contributed by atoms with Crippen molar-refractivity contribution in [2.24, 2.45) is 0 Å². The molecule has 0 atom stereocenters. The minimum Gasteiger partial charge on any atom is -0.693 e. The van der Waals surface area contributed by atoms with Crippen LogP contribution < -0.4 is 0 Å². The van der Waals surface area contributed by atoms with Crippen LogP contribution in [0.25, 0.3) is 6.15 Å². The zero-order valence-electron chi connectivity index (χ0n) is 7.72. The topological polar surface area (TPSA) is 33.5 Å². The molecule has 0 spiro atoms. The van der Waals surface area contributed by atoms with E-state index in [0.717, 1.165) is 0 Å². The van der Waals surface area contributed by atoms with Crippen molar-refractivity contribution in [3.8, 4) is 0 Å². The molecule has 0 aromatic heterocycles. The molecule has 2 N–H and O–H groups in total. The normalized spacial score (nSPS) is 6.00. The second-order valence-electron chi connectivity index (χ2n) is 1.55. The molecule has 0 aromatic rings. The summed E-state index contributed by atoms with van der Waals surface area (Å²) in [4.78, 5) is 0. The van der Waals surface area contributed by atoms with Crippen molar-refractivity contribution in [2.75, 3.05) is 0 Å². The molecule has 0 unspecified atom stereocenters. The quantitative estimate of drug-likeness (QED) is 0.464. The van der Waals surface area contributed by atoms with Crippen LogP contribution in [0.1, 0.15) is 47.0 Å². The van der Waals surface area contributed by atoms with Crippen LogP contribution in [0.5, 0.6) is 0 Å². The Hall–Kier alpha value is 0.544. The average molecular weight is 182 g/mol. The van der Waals surface area contributed by atoms with Crippen molar-refractivity contribution in [1.29, 1.82) is 0 Å². The van der Waals surface area contributed by atoms with Gasteiger partial charge in [0.15, 0.2) is 0 Å². The summed E-state index contributed by atoms with van der Waals surface area (Å²) in [7, 11) is 0. The van der Waals surface area contributed by atoms with Crippen LogP contribution in [0, 0.1) is 6.42 Å². The minimum absolute atomic E-state index is 0. The van der Waals surface area contributed by atoms with E-state index < -0.39 is 0 Å². The second kappa shape index (κ2) is 33.7. The van der Waals surface area contributed by atoms with Crippen molar-refractivity contribution in [3.05, 3.63) is 12.6 Å². The SMILES string of the molecule is CC.C[CH-]CCCC.[NH2-].[V+2]. The Balaban J connectivity index is -0.0000000412. The van der Waals surface area contributed by atoms with Crippen molar-refractivity contribution >= 4 is 0 Å². The Morgan fingerprint density at radius 1 is 1.20 bits per heavy atom. The van der Waals surface area contributed by atoms with Crippen LogP contribution in [0.4, 0.5) is 0 Å². The predicted octanol–water partition coefficient (Wildman–Crippen LogP) is 4.14. The van der Waals surface area contributed by atoms with Gasteiger partial charge in [-0.1, -0.05) is 33.6 Å². The van der Waals surface area contributed by atoms with E-state index in [1.165, 1.54) is 19.3 Å². The summed E-state index contributed by atoms with van der Waals surface area (Å²) in [5, 5.41) is 0. The summed E-state index contributed by atoms with van der Waals surface area (Å²) < 4.78 is 0. The molecule has 0 heterocycles. The molecule has 1 radical (unpaired) electrons. The smallest absolute Gasteiger partial charge is 0.693 e. The Bertz CT molecular complexity index is 21.2. The summed E-state index contributed by atoms with van der Waals surface area (Å²) in [6.45, 7) is 8.32. The molecule has 0 aliphatic carbocycles. The van der Waals surface area contributed by atoms with Gasteiger partial charge < -0.3 is 12.6 Å². The Morgan fingerprint density at radius 3 is 1.70 bits per heavy atom. The van der Waals surface area contributed by atoms with Gasteiger partial charge in [0.25, 0.3) is 0 Å². The minimum atomic E-state index is 0. The van der Waals surface area contributed by atoms with Crippen molar-refractivity contribution < 1.29 is 18.6 Å². The van der Waals surface area contributed by atoms with Crippen LogP contribution in [-0.2, 0) is 18.6 Å². The fourth-order valence-electron chi connectivity index (χ4n) is 0.408. The van der Waals surface area contributed by atoms with Gasteiger partial charge in [-0.25, -0.2) is 0 Å². The second-order valence-corrected chi connectivity index (χ2v) is 1.55. The van der Waals surface area contributed by atoms with Crippen LogP contribution in [-0.4, -0.2) is 0 Å². The van der Waals surface area contributed by atoms with Gasteiger partial charge in [0.05, 0.1) is 0 Å². The van der Waals surface area contributed by atoms with Gasteiger partial charge in [0.1, 0.15) is 0 Å². The molecule has 0 saturated heterocycles. The van der Waals surface area contributed by atoms with Gasteiger partial charge in [-0.2, -0.15) is 13.3 Å². The molecule has 0 amide bonds. The molecule has 2 heteroatoms. The van der Waals surface area contributed by atoms with Gasteiger partial charge >= 0.3 is 18.6 Å². The maximum Gasteiger partial charge on any atom is 2.00 e. The fraction of sp³-hybridized carbons (Fsp3) is 0.875. The molecular formula is C8H21NV. The molecule has 0 saturated carbocycles. The van der Waals surface area contributed by atoms with E-state index in [2.05, 4.69) is 20.3 Å². The number of rotatable bonds is 3. The van der Waals surface area contributed by atoms with Gasteiger partial charge in [-0.3, -0.25) is 0 Å². The summed E-state index contributed by atoms with van der Waals surface area (Å²) in [6, 6.07) is 0. The van der Waals surface area contributed by atoms with E-state index in [9.17, 15) is 0 Å². The largest absolute Gasteiger partial charge is 2.00 e. The molecule has 0 rings (SSSR count). The van der Waals surface area contributed by atoms with E-state index in [-0.39, 0.29) is 24.7 Å². The first kappa shape index (κ1) is 22.4. The predicted molar refractivity (Wildman–Crippen MR) is 46.1 cm³/mol. The van der Waals surface area contributed by atoms with Crippen LogP contribution >= 0.6 is 0 Å². The first-order chi connectivity index (χ1) is 3.91. The van der Waals surface area contributed by atoms with E-state index in [4.69, 9.17) is 0 Å². The number of unbranched alkanes of at least 4 members (excludes halogenated alkanes) is 3. The molecule has 63 valence electrons. The molecule has 1 nitrogen and oxygen atoms in total. The van der Waals surface area contributed by atoms with Gasteiger partial charge in [0, 0.05) is 0 Å². The van der Waals surface area contributed by atoms with Crippen LogP contribution in [0.2, 0.25) is 0 Å². The third-order valence-corrected chi connectivity index (χ3v) is 0.846. The van der Waals surface area contributed by atoms with Crippen LogP contribution in [0.15, 0.2) is 0 Å². The first-order valence-electron chi connectivity index (χ1n) is 3.69. The molecular weight excluding hydrogens is 161 g/mol. The third kappa shape index (κ3) is 38.7. The number of hydrogen-bond acceptors (Lipinski definition) is 0. The molecule has 0 aliphatic rings. The standard InChI is InChI=1S/C6H13.C2H6.H2N.V/c1-3-5-6-4-2;1-2;;/h3H,4-6H2,1-2H3;1-2H3;1H2;/q-1;;-1;+2. The monoisotopic (exact) mass is 182 g/mol. The Morgan fingerprint density at radius 2 is 1.60 bits per heavy atom. The zero-order chi connectivity index (χ0) is 6.83. The Labute approximate surface area is 78.4 Å². The summed E-state index contributed by atoms with van der Waals surface area (Å²) in [5.74, 6) is 0. The van der Waals surface area contributed by atoms with Gasteiger partial charge in [0.2, 0.25) is 0 Å². The van der Waals surface area contributed by atoms with E-state index in [1.807, 2.05) is 13.8 Å². The Kier molecular flexibility index (Phi) is 75.7. The summed E-state index contributed by atoms with van der Waals surface area (Å²) in [6.07, 6.45) is 6.18. The summed E-state index contributed by atoms with van der Waals surface area (Å²) >= 11 is 0. The molecule has 0 fully saturated rings. The number of nitrogens with two attached hydrogens (primary N) is 1. The molecule has 0 aliphatic heterocycles. The summed E-state index contributed by atoms with van der Waals surface area (Å²) in [5.41, 5.74) is 0. The van der Waals surface area contributed by atoms with Crippen molar-refractivity contribution in [1.82, 2.24) is 0 Å². The third-order valence-electron chi connectivity index (χ3n) is 0.846. The van der Waals surface area contributed by atoms with Crippen molar-refractivity contribution in [3.63, 3.8) is 0 Å².